The van der Waals surface area contributed by atoms with E-state index in [0.717, 1.165) is 23.1 Å². The van der Waals surface area contributed by atoms with Crippen LogP contribution in [0.15, 0.2) is 103 Å². The van der Waals surface area contributed by atoms with Gasteiger partial charge in [-0.3, -0.25) is 0 Å². The van der Waals surface area contributed by atoms with Crippen LogP contribution in [0.5, 0.6) is 0 Å². The second kappa shape index (κ2) is 11.3. The van der Waals surface area contributed by atoms with E-state index in [0.29, 0.717) is 25.7 Å². The van der Waals surface area contributed by atoms with Crippen molar-refractivity contribution in [3.63, 3.8) is 0 Å². The van der Waals surface area contributed by atoms with E-state index in [1.807, 2.05) is 91.0 Å². The highest BCUT2D eigenvalue weighted by molar-refractivity contribution is 7.87. The van der Waals surface area contributed by atoms with Crippen LogP contribution in [-0.4, -0.2) is 20.5 Å². The summed E-state index contributed by atoms with van der Waals surface area (Å²) in [6, 6.07) is 29.6. The summed E-state index contributed by atoms with van der Waals surface area (Å²) in [5.41, 5.74) is -4.40. The van der Waals surface area contributed by atoms with Gasteiger partial charge in [0.15, 0.2) is 0 Å². The molecule has 0 radical (unpaired) electrons. The average molecular weight is 545 g/mol. The minimum atomic E-state index is -5.73. The number of rotatable bonds is 10. The maximum Gasteiger partial charge on any atom is 0.534 e. The SMILES string of the molecule is C[C@@]1(CCCOC(c2ccccc2)(c2ccccc2)c2ccccc2)CCCC=C1OS(=O)(=O)C(F)(F)F. The Bertz CT molecular complexity index is 1230. The molecular weight excluding hydrogens is 513 g/mol. The van der Waals surface area contributed by atoms with E-state index in [9.17, 15) is 21.6 Å². The molecule has 0 fully saturated rings. The summed E-state index contributed by atoms with van der Waals surface area (Å²) >= 11 is 0. The average Bonchev–Trinajstić information content (AvgIpc) is 2.91. The zero-order valence-corrected chi connectivity index (χ0v) is 22.0. The second-order valence-corrected chi connectivity index (χ2v) is 11.3. The Morgan fingerprint density at radius 2 is 1.29 bits per heavy atom. The molecule has 0 N–H and O–H groups in total. The van der Waals surface area contributed by atoms with Gasteiger partial charge in [0.1, 0.15) is 11.4 Å². The maximum atomic E-state index is 13.0. The van der Waals surface area contributed by atoms with Gasteiger partial charge in [-0.25, -0.2) is 0 Å². The fourth-order valence-corrected chi connectivity index (χ4v) is 5.70. The van der Waals surface area contributed by atoms with Crippen molar-refractivity contribution >= 4 is 10.1 Å². The van der Waals surface area contributed by atoms with Crippen LogP contribution in [0.1, 0.15) is 55.7 Å². The topological polar surface area (TPSA) is 52.6 Å². The number of allylic oxidation sites excluding steroid dienone is 2. The van der Waals surface area contributed by atoms with Crippen LogP contribution in [0.4, 0.5) is 13.2 Å². The van der Waals surface area contributed by atoms with Crippen molar-refractivity contribution in [1.29, 1.82) is 0 Å². The molecule has 4 rings (SSSR count). The van der Waals surface area contributed by atoms with Crippen LogP contribution in [-0.2, 0) is 24.6 Å². The fraction of sp³-hybridized carbons (Fsp3) is 0.333. The lowest BCUT2D eigenvalue weighted by atomic mass is 9.75. The van der Waals surface area contributed by atoms with Gasteiger partial charge in [0.2, 0.25) is 0 Å². The number of benzene rings is 3. The van der Waals surface area contributed by atoms with E-state index in [1.54, 1.807) is 6.92 Å². The van der Waals surface area contributed by atoms with Gasteiger partial charge in [0.05, 0.1) is 0 Å². The highest BCUT2D eigenvalue weighted by atomic mass is 32.2. The second-order valence-electron chi connectivity index (χ2n) is 9.74. The molecule has 0 aliphatic heterocycles. The van der Waals surface area contributed by atoms with Crippen molar-refractivity contribution in [1.82, 2.24) is 0 Å². The van der Waals surface area contributed by atoms with Crippen LogP contribution < -0.4 is 0 Å². The Labute approximate surface area is 222 Å². The Balaban J connectivity index is 1.60. The standard InChI is InChI=1S/C30H31F3O4S/c1-28(21-12-11-20-27(28)37-38(34,35)30(31,32)33)22-13-23-36-29(24-14-5-2-6-15-24,25-16-7-3-8-17-25)26-18-9-4-10-19-26/h2-10,14-20H,11-13,21-23H2,1H3/t28-/m0/s1. The molecule has 0 heterocycles. The summed E-state index contributed by atoms with van der Waals surface area (Å²) in [6.45, 7) is 2.04. The smallest absolute Gasteiger partial charge is 0.380 e. The third-order valence-corrected chi connectivity index (χ3v) is 8.04. The molecule has 38 heavy (non-hydrogen) atoms. The normalized spacial score (nSPS) is 18.6. The van der Waals surface area contributed by atoms with Crippen molar-refractivity contribution in [3.05, 3.63) is 120 Å². The molecule has 0 aromatic heterocycles. The number of ether oxygens (including phenoxy) is 1. The summed E-state index contributed by atoms with van der Waals surface area (Å²) in [7, 11) is -5.73. The van der Waals surface area contributed by atoms with Gasteiger partial charge in [-0.15, -0.1) is 0 Å². The summed E-state index contributed by atoms with van der Waals surface area (Å²) in [4.78, 5) is 0. The molecule has 202 valence electrons. The van der Waals surface area contributed by atoms with Crippen molar-refractivity contribution in [3.8, 4) is 0 Å². The predicted octanol–water partition coefficient (Wildman–Crippen LogP) is 7.72. The van der Waals surface area contributed by atoms with E-state index in [-0.39, 0.29) is 12.4 Å². The quantitative estimate of drug-likeness (QED) is 0.114. The Morgan fingerprint density at radius 3 is 1.74 bits per heavy atom. The van der Waals surface area contributed by atoms with Crippen LogP contribution >= 0.6 is 0 Å². The van der Waals surface area contributed by atoms with Gasteiger partial charge in [-0.2, -0.15) is 21.6 Å². The van der Waals surface area contributed by atoms with Gasteiger partial charge in [-0.1, -0.05) is 97.9 Å². The monoisotopic (exact) mass is 544 g/mol. The molecule has 1 aliphatic rings. The maximum absolute atomic E-state index is 13.0. The lowest BCUT2D eigenvalue weighted by Gasteiger charge is -2.37. The molecule has 3 aromatic carbocycles. The Morgan fingerprint density at radius 1 is 0.816 bits per heavy atom. The summed E-state index contributed by atoms with van der Waals surface area (Å²) in [5, 5.41) is 0. The largest absolute Gasteiger partial charge is 0.534 e. The minimum absolute atomic E-state index is 0.137. The molecule has 1 atom stereocenters. The first kappa shape index (κ1) is 27.9. The molecule has 3 aromatic rings. The lowest BCUT2D eigenvalue weighted by Crippen LogP contribution is -2.34. The van der Waals surface area contributed by atoms with E-state index in [1.165, 1.54) is 6.08 Å². The highest BCUT2D eigenvalue weighted by Gasteiger charge is 2.50. The number of halogens is 3. The van der Waals surface area contributed by atoms with Crippen LogP contribution in [0.3, 0.4) is 0 Å². The van der Waals surface area contributed by atoms with Crippen LogP contribution in [0, 0.1) is 5.41 Å². The first-order valence-electron chi connectivity index (χ1n) is 12.6. The summed E-state index contributed by atoms with van der Waals surface area (Å²) in [6.07, 6.45) is 4.08. The Hall–Kier alpha value is -3.10. The van der Waals surface area contributed by atoms with Gasteiger partial charge in [-0.05, 0) is 54.9 Å². The van der Waals surface area contributed by atoms with Gasteiger partial charge in [0, 0.05) is 12.0 Å². The summed E-state index contributed by atoms with van der Waals surface area (Å²) in [5.74, 6) is -0.137. The first-order valence-corrected chi connectivity index (χ1v) is 14.0. The van der Waals surface area contributed by atoms with Crippen molar-refractivity contribution in [2.75, 3.05) is 6.61 Å². The lowest BCUT2D eigenvalue weighted by molar-refractivity contribution is -0.0537. The molecule has 0 spiro atoms. The number of alkyl halides is 3. The molecule has 0 bridgehead atoms. The zero-order valence-electron chi connectivity index (χ0n) is 21.2. The van der Waals surface area contributed by atoms with Gasteiger partial charge < -0.3 is 8.92 Å². The molecule has 0 saturated heterocycles. The van der Waals surface area contributed by atoms with Crippen LogP contribution in [0.25, 0.3) is 0 Å². The van der Waals surface area contributed by atoms with E-state index < -0.39 is 26.6 Å². The zero-order chi connectivity index (χ0) is 27.3. The van der Waals surface area contributed by atoms with Crippen LogP contribution in [0.2, 0.25) is 0 Å². The van der Waals surface area contributed by atoms with Gasteiger partial charge >= 0.3 is 15.6 Å². The van der Waals surface area contributed by atoms with Crippen molar-refractivity contribution in [2.45, 2.75) is 50.1 Å². The molecule has 0 amide bonds. The molecule has 1 aliphatic carbocycles. The molecule has 8 heteroatoms. The van der Waals surface area contributed by atoms with E-state index >= 15 is 0 Å². The predicted molar refractivity (Wildman–Crippen MR) is 140 cm³/mol. The number of hydrogen-bond donors (Lipinski definition) is 0. The Kier molecular flexibility index (Phi) is 8.33. The molecular formula is C30H31F3O4S. The fourth-order valence-electron chi connectivity index (χ4n) is 5.10. The van der Waals surface area contributed by atoms with E-state index in [2.05, 4.69) is 4.18 Å². The molecule has 0 unspecified atom stereocenters. The number of hydrogen-bond acceptors (Lipinski definition) is 4. The molecule has 0 saturated carbocycles. The first-order chi connectivity index (χ1) is 18.1. The minimum Gasteiger partial charge on any atom is -0.380 e. The van der Waals surface area contributed by atoms with Crippen molar-refractivity contribution < 1.29 is 30.5 Å². The van der Waals surface area contributed by atoms with E-state index in [4.69, 9.17) is 4.74 Å². The summed E-state index contributed by atoms with van der Waals surface area (Å²) < 4.78 is 73.8. The highest BCUT2D eigenvalue weighted by Crippen LogP contribution is 2.45. The van der Waals surface area contributed by atoms with Crippen molar-refractivity contribution in [2.24, 2.45) is 5.41 Å². The third-order valence-electron chi connectivity index (χ3n) is 7.07. The van der Waals surface area contributed by atoms with Gasteiger partial charge in [0.25, 0.3) is 0 Å². The molecule has 4 nitrogen and oxygen atoms in total. The third kappa shape index (κ3) is 5.81.